The first kappa shape index (κ1) is 27.3. The number of phenols is 1. The molecule has 3 N–H and O–H groups in total. The van der Waals surface area contributed by atoms with Crippen LogP contribution in [0.15, 0.2) is 44.3 Å². The maximum absolute atomic E-state index is 12.4. The molecule has 2 aromatic heterocycles. The van der Waals surface area contributed by atoms with Gasteiger partial charge in [-0.15, -0.1) is 12.8 Å². The summed E-state index contributed by atoms with van der Waals surface area (Å²) in [7, 11) is 0.316. The molecule has 0 bridgehead atoms. The van der Waals surface area contributed by atoms with Crippen LogP contribution in [-0.2, 0) is 16.6 Å². The van der Waals surface area contributed by atoms with Crippen molar-refractivity contribution in [3.63, 3.8) is 0 Å². The number of hydrogen-bond acceptors (Lipinski definition) is 9. The summed E-state index contributed by atoms with van der Waals surface area (Å²) in [6.07, 6.45) is 8.00. The highest BCUT2D eigenvalue weighted by Gasteiger charge is 2.28. The molecule has 0 saturated carbocycles. The molecule has 3 rings (SSSR count). The molecule has 11 nitrogen and oxygen atoms in total. The number of terminal acetylenes is 1. The number of anilines is 3. The number of nitrogens with one attached hydrogen (secondary N) is 2. The van der Waals surface area contributed by atoms with Crippen LogP contribution in [0.5, 0.6) is 5.75 Å². The summed E-state index contributed by atoms with van der Waals surface area (Å²) in [6.45, 7) is 6.15. The van der Waals surface area contributed by atoms with E-state index in [-0.39, 0.29) is 16.4 Å². The normalized spacial score (nSPS) is 10.5. The summed E-state index contributed by atoms with van der Waals surface area (Å²) in [5.74, 6) is 1.49. The second-order valence-electron chi connectivity index (χ2n) is 6.24. The van der Waals surface area contributed by atoms with Crippen molar-refractivity contribution in [3.05, 3.63) is 41.9 Å². The lowest BCUT2D eigenvalue weighted by Gasteiger charge is -2.14. The van der Waals surface area contributed by atoms with Gasteiger partial charge in [-0.3, -0.25) is 5.32 Å². The second-order valence-corrected chi connectivity index (χ2v) is 8.36. The monoisotopic (exact) mass is 480 g/mol. The molecule has 3 aromatic rings. The third kappa shape index (κ3) is 6.41. The zero-order valence-corrected chi connectivity index (χ0v) is 20.3. The number of aromatic nitrogens is 2. The maximum Gasteiger partial charge on any atom is 0.366 e. The Morgan fingerprint density at radius 1 is 1.21 bits per heavy atom. The summed E-state index contributed by atoms with van der Waals surface area (Å²) in [6, 6.07) is 7.98. The van der Waals surface area contributed by atoms with Crippen molar-refractivity contribution >= 4 is 27.3 Å². The number of aromatic hydroxyl groups is 1. The summed E-state index contributed by atoms with van der Waals surface area (Å²) in [4.78, 5) is 5.87. The number of para-hydroxylation sites is 1. The van der Waals surface area contributed by atoms with E-state index in [1.807, 2.05) is 32.9 Å². The van der Waals surface area contributed by atoms with Crippen molar-refractivity contribution < 1.29 is 32.3 Å². The Morgan fingerprint density at radius 3 is 2.42 bits per heavy atom. The molecule has 0 aliphatic carbocycles. The quantitative estimate of drug-likeness (QED) is 0.328. The molecule has 12 heteroatoms. The van der Waals surface area contributed by atoms with E-state index < -0.39 is 15.8 Å². The van der Waals surface area contributed by atoms with Gasteiger partial charge in [-0.05, 0) is 31.2 Å². The number of aryl methyl sites for hydroxylation is 1. The van der Waals surface area contributed by atoms with Gasteiger partial charge in [0.05, 0.1) is 5.69 Å². The Hall–Kier alpha value is -3.69. The fraction of sp³-hybridized carbons (Fsp3) is 0.333. The number of phenolic OH excluding ortho intramolecular Hbond substituents is 1. The van der Waals surface area contributed by atoms with Crippen LogP contribution in [-0.4, -0.2) is 44.2 Å². The number of nitrogens with zero attached hydrogens (tertiary/aromatic N) is 3. The lowest BCUT2D eigenvalue weighted by Crippen LogP contribution is -2.41. The fourth-order valence-corrected chi connectivity index (χ4v) is 3.51. The molecule has 0 spiro atoms. The molecule has 0 saturated heterocycles. The standard InChI is InChI=1S/C17H21N5O6S.C2H6.C2H2/c1-11-8-9-12(27-11)10-18-17-16(20-28-22(17)26-4)19-13-6-5-7-14(15(13)23)29(24,25)21(2)3;2*1-2/h5-9H,10H2,1-4H3,(H2,18,19,20,23);1-2H3;1-2H/p+1. The first-order valence-corrected chi connectivity index (χ1v) is 11.3. The molecule has 180 valence electrons. The lowest BCUT2D eigenvalue weighted by molar-refractivity contribution is -1.01. The summed E-state index contributed by atoms with van der Waals surface area (Å²) < 4.78 is 36.4. The minimum atomic E-state index is -3.83. The van der Waals surface area contributed by atoms with E-state index in [4.69, 9.17) is 13.9 Å². The number of sulfonamides is 1. The van der Waals surface area contributed by atoms with Gasteiger partial charge in [-0.1, -0.05) is 24.5 Å². The molecule has 0 aliphatic rings. The van der Waals surface area contributed by atoms with Gasteiger partial charge in [0.15, 0.2) is 5.75 Å². The van der Waals surface area contributed by atoms with Crippen molar-refractivity contribution in [3.8, 4) is 18.6 Å². The Morgan fingerprint density at radius 2 is 1.88 bits per heavy atom. The van der Waals surface area contributed by atoms with E-state index in [1.54, 1.807) is 0 Å². The molecule has 0 fully saturated rings. The zero-order valence-electron chi connectivity index (χ0n) is 19.5. The molecule has 0 aliphatic heterocycles. The van der Waals surface area contributed by atoms with Gasteiger partial charge in [0.25, 0.3) is 0 Å². The van der Waals surface area contributed by atoms with Crippen molar-refractivity contribution in [2.75, 3.05) is 31.8 Å². The van der Waals surface area contributed by atoms with Gasteiger partial charge in [-0.2, -0.15) is 0 Å². The zero-order chi connectivity index (χ0) is 25.2. The largest absolute Gasteiger partial charge is 0.504 e. The smallest absolute Gasteiger partial charge is 0.366 e. The topological polar surface area (TPSA) is 134 Å². The third-order valence-electron chi connectivity index (χ3n) is 4.02. The van der Waals surface area contributed by atoms with Crippen LogP contribution in [0.3, 0.4) is 0 Å². The summed E-state index contributed by atoms with van der Waals surface area (Å²) in [5.41, 5.74) is 0.126. The van der Waals surface area contributed by atoms with Gasteiger partial charge >= 0.3 is 11.6 Å². The maximum atomic E-state index is 12.4. The highest BCUT2D eigenvalue weighted by molar-refractivity contribution is 7.89. The molecule has 2 heterocycles. The number of hydrogen-bond donors (Lipinski definition) is 3. The summed E-state index contributed by atoms with van der Waals surface area (Å²) in [5, 5.41) is 20.3. The first-order chi connectivity index (χ1) is 15.7. The van der Waals surface area contributed by atoms with Crippen molar-refractivity contribution in [1.82, 2.24) is 9.46 Å². The van der Waals surface area contributed by atoms with E-state index in [1.165, 1.54) is 39.4 Å². The van der Waals surface area contributed by atoms with E-state index in [9.17, 15) is 13.5 Å². The molecule has 0 atom stereocenters. The van der Waals surface area contributed by atoms with Gasteiger partial charge in [0.1, 0.15) is 40.1 Å². The minimum Gasteiger partial charge on any atom is -0.504 e. The molecular formula is C21H30N5O6S+. The van der Waals surface area contributed by atoms with Crippen LogP contribution in [0.4, 0.5) is 17.3 Å². The molecule has 1 aromatic carbocycles. The van der Waals surface area contributed by atoms with Gasteiger partial charge < -0.3 is 19.7 Å². The highest BCUT2D eigenvalue weighted by atomic mass is 32.2. The molecular weight excluding hydrogens is 450 g/mol. The minimum absolute atomic E-state index is 0.126. The Balaban J connectivity index is 0.00000129. The third-order valence-corrected chi connectivity index (χ3v) is 5.86. The van der Waals surface area contributed by atoms with Crippen molar-refractivity contribution in [1.29, 1.82) is 0 Å². The average Bonchev–Trinajstić information content (AvgIpc) is 3.41. The molecule has 33 heavy (non-hydrogen) atoms. The van der Waals surface area contributed by atoms with Crippen LogP contribution in [0.1, 0.15) is 25.4 Å². The average molecular weight is 481 g/mol. The first-order valence-electron chi connectivity index (χ1n) is 9.84. The van der Waals surface area contributed by atoms with E-state index >= 15 is 0 Å². The second kappa shape index (κ2) is 12.4. The number of furan rings is 1. The SMILES string of the molecule is C#C.CC.CO[n+]1onc(Nc2cccc(S(=O)(=O)N(C)C)c2O)c1NCc1ccc(C)o1. The fourth-order valence-electron chi connectivity index (χ4n) is 2.51. The van der Waals surface area contributed by atoms with E-state index in [0.29, 0.717) is 18.1 Å². The van der Waals surface area contributed by atoms with Crippen molar-refractivity contribution in [2.24, 2.45) is 0 Å². The van der Waals surface area contributed by atoms with Gasteiger partial charge in [0.2, 0.25) is 10.0 Å². The van der Waals surface area contributed by atoms with Crippen LogP contribution in [0.25, 0.3) is 0 Å². The van der Waals surface area contributed by atoms with Gasteiger partial charge in [0, 0.05) is 14.1 Å². The Kier molecular flexibility index (Phi) is 10.3. The Bertz CT molecular complexity index is 1150. The highest BCUT2D eigenvalue weighted by Crippen LogP contribution is 2.34. The predicted molar refractivity (Wildman–Crippen MR) is 123 cm³/mol. The van der Waals surface area contributed by atoms with Crippen molar-refractivity contribution in [2.45, 2.75) is 32.2 Å². The van der Waals surface area contributed by atoms with E-state index in [0.717, 1.165) is 15.0 Å². The van der Waals surface area contributed by atoms with Crippen LogP contribution in [0, 0.1) is 19.8 Å². The molecule has 0 unspecified atom stereocenters. The number of rotatable bonds is 8. The lowest BCUT2D eigenvalue weighted by atomic mass is 10.3. The van der Waals surface area contributed by atoms with Crippen LogP contribution >= 0.6 is 0 Å². The molecule has 0 radical (unpaired) electrons. The van der Waals surface area contributed by atoms with Gasteiger partial charge in [-0.25, -0.2) is 12.7 Å². The summed E-state index contributed by atoms with van der Waals surface area (Å²) >= 11 is 0. The van der Waals surface area contributed by atoms with E-state index in [2.05, 4.69) is 28.6 Å². The van der Waals surface area contributed by atoms with Crippen LogP contribution < -0.4 is 20.4 Å². The molecule has 0 amide bonds. The Labute approximate surface area is 193 Å². The predicted octanol–water partition coefficient (Wildman–Crippen LogP) is 2.51. The van der Waals surface area contributed by atoms with Crippen LogP contribution in [0.2, 0.25) is 0 Å². The number of benzene rings is 1.